The number of hydrogen-bond donors (Lipinski definition) is 1. The third kappa shape index (κ3) is 2.39. The summed E-state index contributed by atoms with van der Waals surface area (Å²) in [7, 11) is 0. The Bertz CT molecular complexity index is 350. The van der Waals surface area contributed by atoms with E-state index >= 15 is 0 Å². The molecule has 0 aliphatic carbocycles. The van der Waals surface area contributed by atoms with Crippen LogP contribution in [0.3, 0.4) is 0 Å². The van der Waals surface area contributed by atoms with Crippen LogP contribution in [0.5, 0.6) is 0 Å². The molecular formula is C10H11ClNO2-. The van der Waals surface area contributed by atoms with Crippen LogP contribution in [0.15, 0.2) is 24.3 Å². The fourth-order valence-corrected chi connectivity index (χ4v) is 1.66. The second-order valence-electron chi connectivity index (χ2n) is 3.52. The Morgan fingerprint density at radius 3 is 2.50 bits per heavy atom. The number of rotatable bonds is 2. The van der Waals surface area contributed by atoms with Gasteiger partial charge in [-0.15, -0.1) is 0 Å². The molecule has 0 saturated carbocycles. The molecule has 0 heterocycles. The Balaban J connectivity index is 3.03. The molecule has 1 N–H and O–H groups in total. The quantitative estimate of drug-likeness (QED) is 0.808. The second-order valence-corrected chi connectivity index (χ2v) is 3.92. The molecule has 0 bridgehead atoms. The summed E-state index contributed by atoms with van der Waals surface area (Å²) in [6.07, 6.45) is -1.31. The molecule has 1 amide bonds. The van der Waals surface area contributed by atoms with Crippen LogP contribution in [0.4, 0.5) is 4.79 Å². The van der Waals surface area contributed by atoms with Gasteiger partial charge >= 0.3 is 0 Å². The van der Waals surface area contributed by atoms with Crippen molar-refractivity contribution in [2.45, 2.75) is 19.4 Å². The van der Waals surface area contributed by atoms with Crippen LogP contribution in [-0.2, 0) is 5.54 Å². The van der Waals surface area contributed by atoms with Crippen molar-refractivity contribution in [2.75, 3.05) is 0 Å². The van der Waals surface area contributed by atoms with Gasteiger partial charge in [-0.05, 0) is 25.5 Å². The van der Waals surface area contributed by atoms with Gasteiger partial charge in [0.15, 0.2) is 0 Å². The van der Waals surface area contributed by atoms with E-state index in [2.05, 4.69) is 5.32 Å². The molecular weight excluding hydrogens is 202 g/mol. The molecule has 0 aliphatic heterocycles. The van der Waals surface area contributed by atoms with Gasteiger partial charge in [-0.25, -0.2) is 0 Å². The number of nitrogens with one attached hydrogen (secondary N) is 1. The standard InChI is InChI=1S/C10H12ClNO2/c1-10(2,12-9(13)14)7-5-3-4-6-8(7)11/h3-6,12H,1-2H3,(H,13,14)/p-1. The summed E-state index contributed by atoms with van der Waals surface area (Å²) in [6, 6.07) is 7.09. The first-order valence-corrected chi connectivity index (χ1v) is 4.55. The number of benzene rings is 1. The van der Waals surface area contributed by atoms with Gasteiger partial charge in [-0.2, -0.15) is 0 Å². The highest BCUT2D eigenvalue weighted by Gasteiger charge is 2.22. The maximum Gasteiger partial charge on any atom is 0.134 e. The van der Waals surface area contributed by atoms with Gasteiger partial charge in [0.2, 0.25) is 0 Å². The molecule has 0 spiro atoms. The van der Waals surface area contributed by atoms with Crippen molar-refractivity contribution in [3.05, 3.63) is 34.9 Å². The number of carbonyl (C=O) groups is 1. The van der Waals surface area contributed by atoms with Gasteiger partial charge in [-0.1, -0.05) is 29.8 Å². The largest absolute Gasteiger partial charge is 0.530 e. The van der Waals surface area contributed by atoms with Crippen molar-refractivity contribution in [3.8, 4) is 0 Å². The van der Waals surface area contributed by atoms with Crippen LogP contribution >= 0.6 is 11.6 Å². The number of carboxylic acid groups (broad SMARTS) is 1. The molecule has 14 heavy (non-hydrogen) atoms. The molecule has 1 rings (SSSR count). The van der Waals surface area contributed by atoms with Crippen LogP contribution in [0.1, 0.15) is 19.4 Å². The van der Waals surface area contributed by atoms with Crippen molar-refractivity contribution in [1.82, 2.24) is 5.32 Å². The monoisotopic (exact) mass is 212 g/mol. The molecule has 4 heteroatoms. The third-order valence-corrected chi connectivity index (χ3v) is 2.29. The zero-order valence-electron chi connectivity index (χ0n) is 8.00. The lowest BCUT2D eigenvalue weighted by Crippen LogP contribution is -2.47. The van der Waals surface area contributed by atoms with Gasteiger partial charge in [0.05, 0.1) is 5.54 Å². The number of hydrogen-bond acceptors (Lipinski definition) is 2. The lowest BCUT2D eigenvalue weighted by Gasteiger charge is -2.29. The first-order valence-electron chi connectivity index (χ1n) is 4.17. The van der Waals surface area contributed by atoms with Crippen molar-refractivity contribution >= 4 is 17.7 Å². The van der Waals surface area contributed by atoms with Crippen molar-refractivity contribution in [1.29, 1.82) is 0 Å². The summed E-state index contributed by atoms with van der Waals surface area (Å²) in [6.45, 7) is 3.45. The van der Waals surface area contributed by atoms with Crippen molar-refractivity contribution in [2.24, 2.45) is 0 Å². The SMILES string of the molecule is CC(C)(NC(=O)[O-])c1ccccc1Cl. The molecule has 0 atom stereocenters. The average molecular weight is 213 g/mol. The summed E-state index contributed by atoms with van der Waals surface area (Å²) >= 11 is 5.94. The Labute approximate surface area is 87.7 Å². The predicted molar refractivity (Wildman–Crippen MR) is 53.0 cm³/mol. The number of amides is 1. The maximum atomic E-state index is 10.4. The summed E-state index contributed by atoms with van der Waals surface area (Å²) in [5, 5.41) is 13.3. The topological polar surface area (TPSA) is 52.2 Å². The van der Waals surface area contributed by atoms with Crippen LogP contribution in [0.25, 0.3) is 0 Å². The van der Waals surface area contributed by atoms with E-state index in [9.17, 15) is 9.90 Å². The van der Waals surface area contributed by atoms with E-state index in [1.54, 1.807) is 38.1 Å². The Morgan fingerprint density at radius 2 is 2.00 bits per heavy atom. The van der Waals surface area contributed by atoms with Gasteiger partial charge in [0.1, 0.15) is 6.09 Å². The zero-order chi connectivity index (χ0) is 10.8. The zero-order valence-corrected chi connectivity index (χ0v) is 8.76. The van der Waals surface area contributed by atoms with Gasteiger partial charge in [0, 0.05) is 5.02 Å². The van der Waals surface area contributed by atoms with E-state index in [0.29, 0.717) is 5.02 Å². The highest BCUT2D eigenvalue weighted by atomic mass is 35.5. The Hall–Kier alpha value is -1.22. The predicted octanol–water partition coefficient (Wildman–Crippen LogP) is 1.51. The van der Waals surface area contributed by atoms with Gasteiger partial charge < -0.3 is 15.2 Å². The molecule has 1 aromatic carbocycles. The van der Waals surface area contributed by atoms with E-state index in [4.69, 9.17) is 11.6 Å². The van der Waals surface area contributed by atoms with Crippen LogP contribution in [0, 0.1) is 0 Å². The molecule has 0 fully saturated rings. The third-order valence-electron chi connectivity index (χ3n) is 1.96. The fourth-order valence-electron chi connectivity index (χ4n) is 1.29. The molecule has 1 aromatic rings. The Kier molecular flexibility index (Phi) is 3.01. The number of halogens is 1. The highest BCUT2D eigenvalue weighted by Crippen LogP contribution is 2.26. The van der Waals surface area contributed by atoms with Crippen LogP contribution in [0.2, 0.25) is 5.02 Å². The van der Waals surface area contributed by atoms with Crippen LogP contribution in [-0.4, -0.2) is 6.09 Å². The van der Waals surface area contributed by atoms with E-state index in [0.717, 1.165) is 5.56 Å². The minimum atomic E-state index is -1.31. The first-order chi connectivity index (χ1) is 6.43. The summed E-state index contributed by atoms with van der Waals surface area (Å²) in [4.78, 5) is 10.4. The van der Waals surface area contributed by atoms with Crippen molar-refractivity contribution < 1.29 is 9.90 Å². The molecule has 0 radical (unpaired) electrons. The second kappa shape index (κ2) is 3.88. The smallest absolute Gasteiger partial charge is 0.134 e. The van der Waals surface area contributed by atoms with E-state index < -0.39 is 11.6 Å². The van der Waals surface area contributed by atoms with Gasteiger partial charge in [0.25, 0.3) is 0 Å². The van der Waals surface area contributed by atoms with E-state index in [1.807, 2.05) is 0 Å². The minimum absolute atomic E-state index is 0.534. The lowest BCUT2D eigenvalue weighted by atomic mass is 9.94. The van der Waals surface area contributed by atoms with Crippen LogP contribution < -0.4 is 10.4 Å². The van der Waals surface area contributed by atoms with Gasteiger partial charge in [-0.3, -0.25) is 0 Å². The lowest BCUT2D eigenvalue weighted by molar-refractivity contribution is -0.253. The van der Waals surface area contributed by atoms with E-state index in [1.165, 1.54) is 0 Å². The highest BCUT2D eigenvalue weighted by molar-refractivity contribution is 6.31. The van der Waals surface area contributed by atoms with Crippen molar-refractivity contribution in [3.63, 3.8) is 0 Å². The van der Waals surface area contributed by atoms with E-state index in [-0.39, 0.29) is 0 Å². The number of carbonyl (C=O) groups excluding carboxylic acids is 1. The molecule has 0 aliphatic rings. The summed E-state index contributed by atoms with van der Waals surface area (Å²) < 4.78 is 0. The molecule has 76 valence electrons. The normalized spacial score (nSPS) is 11.1. The first kappa shape index (κ1) is 10.9. The molecule has 3 nitrogen and oxygen atoms in total. The summed E-state index contributed by atoms with van der Waals surface area (Å²) in [5.74, 6) is 0. The minimum Gasteiger partial charge on any atom is -0.530 e. The summed E-state index contributed by atoms with van der Waals surface area (Å²) in [5.41, 5.74) is -0.0113. The molecule has 0 unspecified atom stereocenters. The molecule has 0 saturated heterocycles. The maximum absolute atomic E-state index is 10.4. The average Bonchev–Trinajstić information content (AvgIpc) is 2.02. The molecule has 0 aromatic heterocycles. The fraction of sp³-hybridized carbons (Fsp3) is 0.300. The Morgan fingerprint density at radius 1 is 1.43 bits per heavy atom.